The predicted molar refractivity (Wildman–Crippen MR) is 88.4 cm³/mol. The maximum atomic E-state index is 12.4. The highest BCUT2D eigenvalue weighted by Gasteiger charge is 2.38. The molecule has 0 aromatic carbocycles. The van der Waals surface area contributed by atoms with Gasteiger partial charge in [-0.25, -0.2) is 0 Å². The van der Waals surface area contributed by atoms with Crippen molar-refractivity contribution in [3.8, 4) is 0 Å². The fraction of sp³-hybridized carbons (Fsp3) is 0.947. The molecule has 0 heterocycles. The Bertz CT molecular complexity index is 347. The molecule has 2 aliphatic rings. The predicted octanol–water partition coefficient (Wildman–Crippen LogP) is 5.08. The van der Waals surface area contributed by atoms with Crippen LogP contribution in [0, 0.1) is 17.8 Å². The highest BCUT2D eigenvalue weighted by atomic mass is 16.7. The van der Waals surface area contributed by atoms with Crippen LogP contribution in [0.3, 0.4) is 0 Å². The summed E-state index contributed by atoms with van der Waals surface area (Å²) in [5.74, 6) is 1.28. The Morgan fingerprint density at radius 1 is 1.05 bits per heavy atom. The molecule has 2 saturated carbocycles. The molecule has 3 heteroatoms. The number of carbonyl (C=O) groups is 1. The monoisotopic (exact) mass is 310 g/mol. The van der Waals surface area contributed by atoms with Gasteiger partial charge in [0.15, 0.2) is 6.79 Å². The van der Waals surface area contributed by atoms with Crippen molar-refractivity contribution in [3.05, 3.63) is 0 Å². The summed E-state index contributed by atoms with van der Waals surface area (Å²) in [4.78, 5) is 12.4. The van der Waals surface area contributed by atoms with Gasteiger partial charge < -0.3 is 9.47 Å². The number of hydrogen-bond donors (Lipinski definition) is 0. The molecule has 0 spiro atoms. The molecule has 0 saturated heterocycles. The van der Waals surface area contributed by atoms with E-state index in [1.54, 1.807) is 0 Å². The van der Waals surface area contributed by atoms with Crippen molar-refractivity contribution < 1.29 is 14.3 Å². The lowest BCUT2D eigenvalue weighted by Crippen LogP contribution is -2.36. The molecule has 0 N–H and O–H groups in total. The maximum Gasteiger partial charge on any atom is 0.311 e. The minimum atomic E-state index is -0.0374. The molecule has 3 nitrogen and oxygen atoms in total. The Hall–Kier alpha value is -0.570. The third-order valence-corrected chi connectivity index (χ3v) is 6.17. The quantitative estimate of drug-likeness (QED) is 0.486. The van der Waals surface area contributed by atoms with Gasteiger partial charge in [-0.2, -0.15) is 0 Å². The summed E-state index contributed by atoms with van der Waals surface area (Å²) < 4.78 is 11.5. The lowest BCUT2D eigenvalue weighted by molar-refractivity contribution is -0.183. The second-order valence-electron chi connectivity index (χ2n) is 7.34. The van der Waals surface area contributed by atoms with E-state index in [0.29, 0.717) is 11.8 Å². The standard InChI is InChI=1S/C19H34O3/c1-4-15-12-16(5-2)17(13-15)18(20)21-14-22-19(6-3)10-8-7-9-11-19/h15-17H,4-14H2,1-3H3. The average molecular weight is 310 g/mol. The first-order chi connectivity index (χ1) is 10.6. The fourth-order valence-electron chi connectivity index (χ4n) is 4.43. The Labute approximate surface area is 136 Å². The number of rotatable bonds is 7. The molecular weight excluding hydrogens is 276 g/mol. The molecular formula is C19H34O3. The normalized spacial score (nSPS) is 31.1. The van der Waals surface area contributed by atoms with Gasteiger partial charge in [-0.3, -0.25) is 4.79 Å². The van der Waals surface area contributed by atoms with E-state index >= 15 is 0 Å². The van der Waals surface area contributed by atoms with E-state index in [0.717, 1.165) is 32.1 Å². The van der Waals surface area contributed by atoms with Crippen LogP contribution in [0.2, 0.25) is 0 Å². The van der Waals surface area contributed by atoms with E-state index in [1.807, 2.05) is 0 Å². The van der Waals surface area contributed by atoms with E-state index in [2.05, 4.69) is 20.8 Å². The number of esters is 1. The Morgan fingerprint density at radius 2 is 1.77 bits per heavy atom. The van der Waals surface area contributed by atoms with Gasteiger partial charge in [0, 0.05) is 0 Å². The van der Waals surface area contributed by atoms with Crippen molar-refractivity contribution in [1.29, 1.82) is 0 Å². The lowest BCUT2D eigenvalue weighted by Gasteiger charge is -2.36. The van der Waals surface area contributed by atoms with Crippen molar-refractivity contribution in [2.24, 2.45) is 17.8 Å². The molecule has 128 valence electrons. The summed E-state index contributed by atoms with van der Waals surface area (Å²) in [6, 6.07) is 0. The zero-order valence-electron chi connectivity index (χ0n) is 14.7. The summed E-state index contributed by atoms with van der Waals surface area (Å²) >= 11 is 0. The van der Waals surface area contributed by atoms with Crippen molar-refractivity contribution in [2.45, 2.75) is 90.6 Å². The fourth-order valence-corrected chi connectivity index (χ4v) is 4.43. The van der Waals surface area contributed by atoms with Crippen LogP contribution < -0.4 is 0 Å². The topological polar surface area (TPSA) is 35.5 Å². The first-order valence-electron chi connectivity index (χ1n) is 9.44. The average Bonchev–Trinajstić information content (AvgIpc) is 2.99. The van der Waals surface area contributed by atoms with Gasteiger partial charge in [0.1, 0.15) is 0 Å². The van der Waals surface area contributed by atoms with Crippen LogP contribution in [0.25, 0.3) is 0 Å². The summed E-state index contributed by atoms with van der Waals surface area (Å²) in [7, 11) is 0. The molecule has 0 aromatic rings. The first kappa shape index (κ1) is 17.8. The van der Waals surface area contributed by atoms with Crippen LogP contribution in [0.5, 0.6) is 0 Å². The molecule has 2 fully saturated rings. The van der Waals surface area contributed by atoms with E-state index in [1.165, 1.54) is 32.1 Å². The molecule has 0 aliphatic heterocycles. The van der Waals surface area contributed by atoms with Crippen LogP contribution in [0.4, 0.5) is 0 Å². The van der Waals surface area contributed by atoms with Gasteiger partial charge in [0.25, 0.3) is 0 Å². The Morgan fingerprint density at radius 3 is 2.36 bits per heavy atom. The largest absolute Gasteiger partial charge is 0.438 e. The molecule has 22 heavy (non-hydrogen) atoms. The van der Waals surface area contributed by atoms with Gasteiger partial charge in [-0.15, -0.1) is 0 Å². The van der Waals surface area contributed by atoms with Crippen LogP contribution in [0.15, 0.2) is 0 Å². The minimum absolute atomic E-state index is 0.0233. The molecule has 3 unspecified atom stereocenters. The van der Waals surface area contributed by atoms with E-state index in [4.69, 9.17) is 9.47 Å². The highest BCUT2D eigenvalue weighted by molar-refractivity contribution is 5.73. The van der Waals surface area contributed by atoms with Gasteiger partial charge in [-0.1, -0.05) is 52.9 Å². The molecule has 2 aliphatic carbocycles. The van der Waals surface area contributed by atoms with E-state index in [-0.39, 0.29) is 24.3 Å². The molecule has 0 amide bonds. The minimum Gasteiger partial charge on any atom is -0.438 e. The summed E-state index contributed by atoms with van der Waals surface area (Å²) in [6.07, 6.45) is 11.5. The lowest BCUT2D eigenvalue weighted by atomic mass is 9.83. The van der Waals surface area contributed by atoms with Gasteiger partial charge in [-0.05, 0) is 43.9 Å². The summed E-state index contributed by atoms with van der Waals surface area (Å²) in [5.41, 5.74) is -0.0374. The summed E-state index contributed by atoms with van der Waals surface area (Å²) in [6.45, 7) is 6.75. The zero-order chi connectivity index (χ0) is 16.0. The van der Waals surface area contributed by atoms with Crippen molar-refractivity contribution in [2.75, 3.05) is 6.79 Å². The van der Waals surface area contributed by atoms with Crippen LogP contribution in [0.1, 0.15) is 85.0 Å². The van der Waals surface area contributed by atoms with E-state index < -0.39 is 0 Å². The van der Waals surface area contributed by atoms with Gasteiger partial charge in [0.05, 0.1) is 11.5 Å². The smallest absolute Gasteiger partial charge is 0.311 e. The molecule has 2 rings (SSSR count). The van der Waals surface area contributed by atoms with Crippen LogP contribution >= 0.6 is 0 Å². The number of ether oxygens (including phenoxy) is 2. The Kier molecular flexibility index (Phi) is 6.73. The third kappa shape index (κ3) is 4.24. The zero-order valence-corrected chi connectivity index (χ0v) is 14.7. The third-order valence-electron chi connectivity index (χ3n) is 6.17. The van der Waals surface area contributed by atoms with Crippen molar-refractivity contribution in [1.82, 2.24) is 0 Å². The second kappa shape index (κ2) is 8.33. The SMILES string of the molecule is CCC1CC(CC)C(C(=O)OCOC2(CC)CCCCC2)C1. The van der Waals surface area contributed by atoms with Crippen LogP contribution in [-0.4, -0.2) is 18.4 Å². The van der Waals surface area contributed by atoms with E-state index in [9.17, 15) is 4.79 Å². The number of hydrogen-bond acceptors (Lipinski definition) is 3. The summed E-state index contributed by atoms with van der Waals surface area (Å²) in [5, 5.41) is 0. The molecule has 0 aromatic heterocycles. The second-order valence-corrected chi connectivity index (χ2v) is 7.34. The van der Waals surface area contributed by atoms with Crippen molar-refractivity contribution >= 4 is 5.97 Å². The first-order valence-corrected chi connectivity index (χ1v) is 9.44. The molecule has 0 bridgehead atoms. The maximum absolute atomic E-state index is 12.4. The van der Waals surface area contributed by atoms with Crippen LogP contribution in [-0.2, 0) is 14.3 Å². The number of carbonyl (C=O) groups excluding carboxylic acids is 1. The van der Waals surface area contributed by atoms with Gasteiger partial charge in [0.2, 0.25) is 0 Å². The van der Waals surface area contributed by atoms with Gasteiger partial charge >= 0.3 is 5.97 Å². The molecule has 0 radical (unpaired) electrons. The highest BCUT2D eigenvalue weighted by Crippen LogP contribution is 2.40. The molecule has 3 atom stereocenters. The Balaban J connectivity index is 1.79. The van der Waals surface area contributed by atoms with Crippen molar-refractivity contribution in [3.63, 3.8) is 0 Å².